The molecular formula is C12H14N4O3S. The first kappa shape index (κ1) is 14.2. The fraction of sp³-hybridized carbons (Fsp3) is 0.167. The van der Waals surface area contributed by atoms with Crippen molar-refractivity contribution in [2.24, 2.45) is 5.14 Å². The number of aromatic nitrogens is 2. The van der Waals surface area contributed by atoms with Crippen LogP contribution in [0.15, 0.2) is 47.9 Å². The van der Waals surface area contributed by atoms with Crippen LogP contribution in [0.25, 0.3) is 0 Å². The molecule has 0 aliphatic carbocycles. The van der Waals surface area contributed by atoms with Gasteiger partial charge in [0.25, 0.3) is 0 Å². The highest BCUT2D eigenvalue weighted by molar-refractivity contribution is 7.89. The van der Waals surface area contributed by atoms with E-state index < -0.39 is 10.0 Å². The van der Waals surface area contributed by atoms with Crippen LogP contribution in [0.5, 0.6) is 0 Å². The van der Waals surface area contributed by atoms with E-state index in [1.165, 1.54) is 29.2 Å². The maximum atomic E-state index is 11.6. The van der Waals surface area contributed by atoms with Crippen molar-refractivity contribution in [2.45, 2.75) is 11.3 Å². The second-order valence-electron chi connectivity index (χ2n) is 4.14. The monoisotopic (exact) mass is 294 g/mol. The van der Waals surface area contributed by atoms with Crippen LogP contribution in [-0.4, -0.2) is 30.5 Å². The summed E-state index contributed by atoms with van der Waals surface area (Å²) in [5.74, 6) is 0. The highest BCUT2D eigenvalue weighted by Gasteiger charge is 2.07. The van der Waals surface area contributed by atoms with Gasteiger partial charge in [-0.05, 0) is 24.1 Å². The molecule has 0 aliphatic heterocycles. The Balaban J connectivity index is 1.87. The molecule has 3 N–H and O–H groups in total. The minimum absolute atomic E-state index is 0.0729. The van der Waals surface area contributed by atoms with Crippen molar-refractivity contribution in [2.75, 3.05) is 6.54 Å². The van der Waals surface area contributed by atoms with Gasteiger partial charge >= 0.3 is 6.03 Å². The zero-order chi connectivity index (χ0) is 14.6. The van der Waals surface area contributed by atoms with E-state index in [0.717, 1.165) is 5.56 Å². The molecule has 1 aromatic heterocycles. The zero-order valence-corrected chi connectivity index (χ0v) is 11.4. The normalized spacial score (nSPS) is 11.2. The number of imidazole rings is 1. The molecule has 0 unspecified atom stereocenters. The van der Waals surface area contributed by atoms with E-state index in [1.54, 1.807) is 18.3 Å². The van der Waals surface area contributed by atoms with E-state index in [4.69, 9.17) is 5.14 Å². The average molecular weight is 294 g/mol. The summed E-state index contributed by atoms with van der Waals surface area (Å²) in [6.07, 6.45) is 5.07. The molecule has 1 heterocycles. The summed E-state index contributed by atoms with van der Waals surface area (Å²) in [6, 6.07) is 5.97. The molecule has 0 saturated heterocycles. The van der Waals surface area contributed by atoms with Gasteiger partial charge < -0.3 is 5.32 Å². The molecule has 8 heteroatoms. The lowest BCUT2D eigenvalue weighted by molar-refractivity contribution is 0.242. The molecule has 0 radical (unpaired) electrons. The van der Waals surface area contributed by atoms with E-state index in [-0.39, 0.29) is 10.9 Å². The Hall–Kier alpha value is -2.19. The van der Waals surface area contributed by atoms with Crippen molar-refractivity contribution in [3.05, 3.63) is 48.5 Å². The molecule has 0 atom stereocenters. The van der Waals surface area contributed by atoms with Gasteiger partial charge in [0.15, 0.2) is 0 Å². The smallest absolute Gasteiger partial charge is 0.326 e. The van der Waals surface area contributed by atoms with Gasteiger partial charge in [0.05, 0.1) is 4.90 Å². The highest BCUT2D eigenvalue weighted by Crippen LogP contribution is 2.08. The third-order valence-corrected chi connectivity index (χ3v) is 3.61. The molecule has 0 aliphatic rings. The van der Waals surface area contributed by atoms with E-state index in [0.29, 0.717) is 13.0 Å². The van der Waals surface area contributed by atoms with E-state index >= 15 is 0 Å². The number of hydrogen-bond acceptors (Lipinski definition) is 4. The molecule has 0 bridgehead atoms. The lowest BCUT2D eigenvalue weighted by Gasteiger charge is -2.06. The minimum Gasteiger partial charge on any atom is -0.337 e. The number of nitrogens with one attached hydrogen (secondary N) is 1. The van der Waals surface area contributed by atoms with Crippen LogP contribution in [0.1, 0.15) is 5.56 Å². The molecule has 7 nitrogen and oxygen atoms in total. The van der Waals surface area contributed by atoms with Crippen LogP contribution in [0.3, 0.4) is 0 Å². The van der Waals surface area contributed by atoms with Gasteiger partial charge in [-0.1, -0.05) is 12.1 Å². The molecule has 2 aromatic rings. The summed E-state index contributed by atoms with van der Waals surface area (Å²) in [7, 11) is -3.66. The lowest BCUT2D eigenvalue weighted by Crippen LogP contribution is -2.29. The Morgan fingerprint density at radius 2 is 2.00 bits per heavy atom. The number of hydrogen-bond donors (Lipinski definition) is 2. The number of primary sulfonamides is 1. The predicted octanol–water partition coefficient (Wildman–Crippen LogP) is 0.331. The molecule has 20 heavy (non-hydrogen) atoms. The van der Waals surface area contributed by atoms with Crippen LogP contribution in [0.2, 0.25) is 0 Å². The first-order chi connectivity index (χ1) is 9.47. The Morgan fingerprint density at radius 1 is 1.30 bits per heavy atom. The molecule has 106 valence electrons. The fourth-order valence-electron chi connectivity index (χ4n) is 1.63. The molecule has 1 amide bonds. The molecule has 0 fully saturated rings. The first-order valence-electron chi connectivity index (χ1n) is 5.85. The van der Waals surface area contributed by atoms with Crippen molar-refractivity contribution >= 4 is 16.1 Å². The van der Waals surface area contributed by atoms with Crippen LogP contribution >= 0.6 is 0 Å². The van der Waals surface area contributed by atoms with Gasteiger partial charge in [-0.2, -0.15) is 0 Å². The summed E-state index contributed by atoms with van der Waals surface area (Å²) in [5.41, 5.74) is 0.906. The molecule has 0 saturated carbocycles. The maximum absolute atomic E-state index is 11.6. The summed E-state index contributed by atoms with van der Waals surface area (Å²) in [6.45, 7) is 0.436. The minimum atomic E-state index is -3.66. The summed E-state index contributed by atoms with van der Waals surface area (Å²) >= 11 is 0. The van der Waals surface area contributed by atoms with Crippen LogP contribution < -0.4 is 10.5 Å². The van der Waals surface area contributed by atoms with Crippen molar-refractivity contribution in [1.82, 2.24) is 14.9 Å². The number of nitrogens with zero attached hydrogens (tertiary/aromatic N) is 2. The van der Waals surface area contributed by atoms with Crippen molar-refractivity contribution in [1.29, 1.82) is 0 Å². The van der Waals surface area contributed by atoms with Crippen molar-refractivity contribution in [3.63, 3.8) is 0 Å². The van der Waals surface area contributed by atoms with E-state index in [1.807, 2.05) is 0 Å². The van der Waals surface area contributed by atoms with Crippen LogP contribution in [-0.2, 0) is 16.4 Å². The number of nitrogens with two attached hydrogens (primary N) is 1. The summed E-state index contributed by atoms with van der Waals surface area (Å²) in [4.78, 5) is 15.4. The molecule has 2 rings (SSSR count). The number of carbonyl (C=O) groups excluding carboxylic acids is 1. The fourth-order valence-corrected chi connectivity index (χ4v) is 2.15. The first-order valence-corrected chi connectivity index (χ1v) is 7.39. The SMILES string of the molecule is NS(=O)(=O)c1ccc(CCNC(=O)n2ccnc2)cc1. The van der Waals surface area contributed by atoms with Gasteiger partial charge in [-0.25, -0.2) is 23.3 Å². The quantitative estimate of drug-likeness (QED) is 0.847. The Bertz CT molecular complexity index is 678. The third kappa shape index (κ3) is 3.65. The Labute approximate surface area is 116 Å². The zero-order valence-electron chi connectivity index (χ0n) is 10.6. The Kier molecular flexibility index (Phi) is 4.16. The molecule has 0 spiro atoms. The van der Waals surface area contributed by atoms with Crippen molar-refractivity contribution < 1.29 is 13.2 Å². The van der Waals surface area contributed by atoms with Crippen molar-refractivity contribution in [3.8, 4) is 0 Å². The van der Waals surface area contributed by atoms with Crippen LogP contribution in [0.4, 0.5) is 4.79 Å². The number of benzene rings is 1. The summed E-state index contributed by atoms with van der Waals surface area (Å²) in [5, 5.41) is 7.73. The second-order valence-corrected chi connectivity index (χ2v) is 5.70. The van der Waals surface area contributed by atoms with Gasteiger partial charge in [-0.3, -0.25) is 4.57 Å². The van der Waals surface area contributed by atoms with Gasteiger partial charge in [0, 0.05) is 18.9 Å². The molecule has 1 aromatic carbocycles. The van der Waals surface area contributed by atoms with Gasteiger partial charge in [0.1, 0.15) is 6.33 Å². The standard InChI is InChI=1S/C12H14N4O3S/c13-20(18,19)11-3-1-10(2-4-11)5-6-15-12(17)16-8-7-14-9-16/h1-4,7-9H,5-6H2,(H,15,17)(H2,13,18,19). The number of carbonyl (C=O) groups is 1. The Morgan fingerprint density at radius 3 is 2.55 bits per heavy atom. The maximum Gasteiger partial charge on any atom is 0.326 e. The van der Waals surface area contributed by atoms with E-state index in [2.05, 4.69) is 10.3 Å². The predicted molar refractivity (Wildman–Crippen MR) is 72.5 cm³/mol. The van der Waals surface area contributed by atoms with Gasteiger partial charge in [-0.15, -0.1) is 0 Å². The van der Waals surface area contributed by atoms with E-state index in [9.17, 15) is 13.2 Å². The number of amides is 1. The average Bonchev–Trinajstić information content (AvgIpc) is 2.92. The number of sulfonamides is 1. The largest absolute Gasteiger partial charge is 0.337 e. The second kappa shape index (κ2) is 5.85. The lowest BCUT2D eigenvalue weighted by atomic mass is 10.1. The summed E-state index contributed by atoms with van der Waals surface area (Å²) < 4.78 is 23.5. The molecular weight excluding hydrogens is 280 g/mol. The number of rotatable bonds is 4. The topological polar surface area (TPSA) is 107 Å². The van der Waals surface area contributed by atoms with Crippen LogP contribution in [0, 0.1) is 0 Å². The van der Waals surface area contributed by atoms with Gasteiger partial charge in [0.2, 0.25) is 10.0 Å². The highest BCUT2D eigenvalue weighted by atomic mass is 32.2. The third-order valence-electron chi connectivity index (χ3n) is 2.68.